The van der Waals surface area contributed by atoms with Crippen molar-refractivity contribution in [2.24, 2.45) is 0 Å². The van der Waals surface area contributed by atoms with Crippen molar-refractivity contribution in [3.05, 3.63) is 46.3 Å². The minimum atomic E-state index is -4.36. The standard InChI is InChI=1S/C24H29N3O5S/c28-24-20(19-14-16(33(29,30)31)7-8-22(19)26-24)15-23-18(17-4-1-2-6-21(17)25-23)5-3-9-27-10-12-32-13-11-27/h7-8,14-15,25H,1-6,9-13H2,(H,26,28)(H,29,30,31)/b20-15-. The van der Waals surface area contributed by atoms with Gasteiger partial charge in [0.25, 0.3) is 16.0 Å². The summed E-state index contributed by atoms with van der Waals surface area (Å²) in [5.74, 6) is -0.274. The molecule has 33 heavy (non-hydrogen) atoms. The molecular weight excluding hydrogens is 442 g/mol. The second kappa shape index (κ2) is 9.06. The molecule has 176 valence electrons. The van der Waals surface area contributed by atoms with E-state index >= 15 is 0 Å². The largest absolute Gasteiger partial charge is 0.379 e. The third kappa shape index (κ3) is 4.63. The van der Waals surface area contributed by atoms with Gasteiger partial charge >= 0.3 is 0 Å². The first kappa shape index (κ1) is 22.3. The van der Waals surface area contributed by atoms with Crippen molar-refractivity contribution >= 4 is 33.4 Å². The predicted molar refractivity (Wildman–Crippen MR) is 126 cm³/mol. The van der Waals surface area contributed by atoms with Gasteiger partial charge in [0.1, 0.15) is 0 Å². The number of anilines is 1. The maximum absolute atomic E-state index is 12.7. The van der Waals surface area contributed by atoms with Crippen molar-refractivity contribution in [2.75, 3.05) is 38.2 Å². The number of carbonyl (C=O) groups is 1. The van der Waals surface area contributed by atoms with Crippen molar-refractivity contribution in [1.29, 1.82) is 0 Å². The van der Waals surface area contributed by atoms with Gasteiger partial charge in [0.2, 0.25) is 0 Å². The molecule has 0 atom stereocenters. The highest BCUT2D eigenvalue weighted by Gasteiger charge is 2.28. The lowest BCUT2D eigenvalue weighted by Crippen LogP contribution is -2.37. The number of benzene rings is 1. The quantitative estimate of drug-likeness (QED) is 0.441. The summed E-state index contributed by atoms with van der Waals surface area (Å²) in [4.78, 5) is 18.5. The van der Waals surface area contributed by atoms with Crippen molar-refractivity contribution in [3.8, 4) is 0 Å². The van der Waals surface area contributed by atoms with Crippen molar-refractivity contribution < 1.29 is 22.5 Å². The zero-order valence-corrected chi connectivity index (χ0v) is 19.3. The number of rotatable bonds is 6. The number of hydrogen-bond donors (Lipinski definition) is 3. The van der Waals surface area contributed by atoms with E-state index in [-0.39, 0.29) is 10.8 Å². The highest BCUT2D eigenvalue weighted by Crippen LogP contribution is 2.36. The van der Waals surface area contributed by atoms with Crippen LogP contribution in [0.4, 0.5) is 5.69 Å². The SMILES string of the molecule is O=C1Nc2ccc(S(=O)(=O)O)cc2/C1=C/c1[nH]c2c(c1CCCN1CCOCC1)CCCC2. The lowest BCUT2D eigenvalue weighted by molar-refractivity contribution is -0.110. The summed E-state index contributed by atoms with van der Waals surface area (Å²) < 4.78 is 38.1. The molecule has 1 aromatic heterocycles. The molecule has 0 unspecified atom stereocenters. The zero-order chi connectivity index (χ0) is 23.0. The normalized spacial score (nSPS) is 20.0. The maximum atomic E-state index is 12.7. The number of amides is 1. The van der Waals surface area contributed by atoms with E-state index in [1.807, 2.05) is 6.08 Å². The van der Waals surface area contributed by atoms with Crippen LogP contribution in [0.1, 0.15) is 47.3 Å². The average Bonchev–Trinajstić information content (AvgIpc) is 3.31. The Hall–Kier alpha value is -2.46. The molecule has 3 heterocycles. The smallest absolute Gasteiger partial charge is 0.294 e. The molecule has 2 aliphatic heterocycles. The Morgan fingerprint density at radius 3 is 2.73 bits per heavy atom. The number of hydrogen-bond acceptors (Lipinski definition) is 5. The molecule has 0 spiro atoms. The van der Waals surface area contributed by atoms with Crippen LogP contribution < -0.4 is 5.32 Å². The van der Waals surface area contributed by atoms with Crippen LogP contribution >= 0.6 is 0 Å². The first-order valence-electron chi connectivity index (χ1n) is 11.6. The molecule has 0 saturated carbocycles. The van der Waals surface area contributed by atoms with Gasteiger partial charge in [-0.15, -0.1) is 0 Å². The molecule has 1 fully saturated rings. The number of fused-ring (bicyclic) bond motifs is 2. The predicted octanol–water partition coefficient (Wildman–Crippen LogP) is 2.90. The van der Waals surface area contributed by atoms with Crippen LogP contribution in [0.3, 0.4) is 0 Å². The monoisotopic (exact) mass is 471 g/mol. The van der Waals surface area contributed by atoms with Gasteiger partial charge in [0, 0.05) is 35.7 Å². The first-order valence-corrected chi connectivity index (χ1v) is 13.0. The third-order valence-corrected chi connectivity index (χ3v) is 7.66. The zero-order valence-electron chi connectivity index (χ0n) is 18.5. The molecule has 1 saturated heterocycles. The number of ether oxygens (including phenoxy) is 1. The maximum Gasteiger partial charge on any atom is 0.294 e. The molecule has 1 amide bonds. The highest BCUT2D eigenvalue weighted by atomic mass is 32.2. The second-order valence-electron chi connectivity index (χ2n) is 8.93. The van der Waals surface area contributed by atoms with Crippen molar-refractivity contribution in [1.82, 2.24) is 9.88 Å². The number of nitrogens with one attached hydrogen (secondary N) is 2. The van der Waals surface area contributed by atoms with E-state index in [9.17, 15) is 17.8 Å². The van der Waals surface area contributed by atoms with E-state index in [1.165, 1.54) is 41.4 Å². The summed E-state index contributed by atoms with van der Waals surface area (Å²) in [7, 11) is -4.36. The van der Waals surface area contributed by atoms with Gasteiger partial charge in [0.15, 0.2) is 0 Å². The summed E-state index contributed by atoms with van der Waals surface area (Å²) in [5, 5.41) is 2.80. The topological polar surface area (TPSA) is 112 Å². The van der Waals surface area contributed by atoms with Crippen molar-refractivity contribution in [2.45, 2.75) is 43.4 Å². The van der Waals surface area contributed by atoms with Gasteiger partial charge in [-0.05, 0) is 80.5 Å². The third-order valence-electron chi connectivity index (χ3n) is 6.81. The fourth-order valence-corrected chi connectivity index (χ4v) is 5.61. The highest BCUT2D eigenvalue weighted by molar-refractivity contribution is 7.85. The van der Waals surface area contributed by atoms with Crippen LogP contribution in [0, 0.1) is 0 Å². The van der Waals surface area contributed by atoms with E-state index in [1.54, 1.807) is 0 Å². The Labute approximate surface area is 193 Å². The second-order valence-corrected chi connectivity index (χ2v) is 10.4. The summed E-state index contributed by atoms with van der Waals surface area (Å²) in [6.07, 6.45) is 8.15. The summed E-state index contributed by atoms with van der Waals surface area (Å²) in [6, 6.07) is 4.16. The van der Waals surface area contributed by atoms with Crippen LogP contribution in [0.2, 0.25) is 0 Å². The molecule has 9 heteroatoms. The number of carbonyl (C=O) groups excluding carboxylic acids is 1. The molecule has 0 radical (unpaired) electrons. The number of nitrogens with zero attached hydrogens (tertiary/aromatic N) is 1. The first-order chi connectivity index (χ1) is 15.9. The van der Waals surface area contributed by atoms with Crippen LogP contribution in [0.15, 0.2) is 23.1 Å². The Bertz CT molecular complexity index is 1210. The molecule has 2 aromatic rings. The van der Waals surface area contributed by atoms with Crippen molar-refractivity contribution in [3.63, 3.8) is 0 Å². The summed E-state index contributed by atoms with van der Waals surface area (Å²) >= 11 is 0. The molecule has 0 bridgehead atoms. The van der Waals surface area contributed by atoms with E-state index in [0.717, 1.165) is 70.6 Å². The fourth-order valence-electron chi connectivity index (χ4n) is 5.11. The lowest BCUT2D eigenvalue weighted by atomic mass is 9.92. The van der Waals surface area contributed by atoms with Gasteiger partial charge in [-0.3, -0.25) is 14.2 Å². The van der Waals surface area contributed by atoms with Gasteiger partial charge < -0.3 is 15.0 Å². The van der Waals surface area contributed by atoms with Crippen LogP contribution in [-0.2, 0) is 38.9 Å². The minimum Gasteiger partial charge on any atom is -0.379 e. The van der Waals surface area contributed by atoms with Gasteiger partial charge in [0.05, 0.1) is 23.7 Å². The molecule has 8 nitrogen and oxygen atoms in total. The van der Waals surface area contributed by atoms with Crippen LogP contribution in [0.5, 0.6) is 0 Å². The minimum absolute atomic E-state index is 0.222. The van der Waals surface area contributed by atoms with Crippen LogP contribution in [0.25, 0.3) is 11.6 Å². The van der Waals surface area contributed by atoms with E-state index in [0.29, 0.717) is 16.8 Å². The molecule has 3 N–H and O–H groups in total. The molecular formula is C24H29N3O5S. The number of aromatic amines is 1. The Morgan fingerprint density at radius 1 is 1.15 bits per heavy atom. The lowest BCUT2D eigenvalue weighted by Gasteiger charge is -2.26. The van der Waals surface area contributed by atoms with Gasteiger partial charge in [-0.2, -0.15) is 8.42 Å². The van der Waals surface area contributed by atoms with E-state index < -0.39 is 10.1 Å². The summed E-state index contributed by atoms with van der Waals surface area (Å²) in [5.41, 5.74) is 6.26. The van der Waals surface area contributed by atoms with Crippen LogP contribution in [-0.4, -0.2) is 61.6 Å². The summed E-state index contributed by atoms with van der Waals surface area (Å²) in [6.45, 7) is 4.53. The average molecular weight is 472 g/mol. The molecule has 3 aliphatic rings. The molecule has 1 aromatic carbocycles. The van der Waals surface area contributed by atoms with E-state index in [2.05, 4.69) is 15.2 Å². The fraction of sp³-hybridized carbons (Fsp3) is 0.458. The Morgan fingerprint density at radius 2 is 1.94 bits per heavy atom. The van der Waals surface area contributed by atoms with Gasteiger partial charge in [-0.1, -0.05) is 0 Å². The number of aryl methyl sites for hydroxylation is 1. The van der Waals surface area contributed by atoms with E-state index in [4.69, 9.17) is 4.74 Å². The van der Waals surface area contributed by atoms with Gasteiger partial charge in [-0.25, -0.2) is 0 Å². The number of morpholine rings is 1. The number of aromatic nitrogens is 1. The molecule has 1 aliphatic carbocycles. The number of H-pyrrole nitrogens is 1. The molecule has 5 rings (SSSR count). The Balaban J connectivity index is 1.47. The Kier molecular flexibility index (Phi) is 6.13.